The molecule has 0 saturated heterocycles. The summed E-state index contributed by atoms with van der Waals surface area (Å²) >= 11 is 0. The maximum absolute atomic E-state index is 13.0. The predicted octanol–water partition coefficient (Wildman–Crippen LogP) is 4.95. The number of nitrogens with zero attached hydrogens (tertiary/aromatic N) is 1. The molecule has 1 amide bonds. The van der Waals surface area contributed by atoms with Crippen LogP contribution in [0.4, 0.5) is 5.69 Å². The summed E-state index contributed by atoms with van der Waals surface area (Å²) in [5.41, 5.74) is 2.64. The Hall–Kier alpha value is -3.73. The van der Waals surface area contributed by atoms with Gasteiger partial charge in [-0.25, -0.2) is 4.79 Å². The van der Waals surface area contributed by atoms with Crippen LogP contribution in [0.2, 0.25) is 0 Å². The Morgan fingerprint density at radius 1 is 0.839 bits per heavy atom. The molecule has 0 saturated carbocycles. The van der Waals surface area contributed by atoms with Gasteiger partial charge in [-0.1, -0.05) is 61.5 Å². The van der Waals surface area contributed by atoms with Crippen LogP contribution in [0.3, 0.4) is 0 Å². The Balaban J connectivity index is 1.77. The van der Waals surface area contributed by atoms with Crippen LogP contribution >= 0.6 is 0 Å². The van der Waals surface area contributed by atoms with Crippen LogP contribution < -0.4 is 4.90 Å². The van der Waals surface area contributed by atoms with Crippen LogP contribution in [0.1, 0.15) is 50.5 Å². The highest BCUT2D eigenvalue weighted by molar-refractivity contribution is 6.12. The van der Waals surface area contributed by atoms with Gasteiger partial charge in [-0.15, -0.1) is 0 Å². The second-order valence-electron chi connectivity index (χ2n) is 7.21. The van der Waals surface area contributed by atoms with E-state index in [2.05, 4.69) is 0 Å². The van der Waals surface area contributed by atoms with Crippen molar-refractivity contribution in [1.29, 1.82) is 0 Å². The first-order valence-corrected chi connectivity index (χ1v) is 10.2. The van der Waals surface area contributed by atoms with Gasteiger partial charge in [-0.2, -0.15) is 0 Å². The maximum Gasteiger partial charge on any atom is 0.339 e. The number of hydrogen-bond donors (Lipinski definition) is 0. The monoisotopic (exact) mass is 415 g/mol. The lowest BCUT2D eigenvalue weighted by Crippen LogP contribution is -2.29. The van der Waals surface area contributed by atoms with Crippen molar-refractivity contribution in [3.05, 3.63) is 101 Å². The summed E-state index contributed by atoms with van der Waals surface area (Å²) in [7, 11) is 1.64. The molecule has 1 unspecified atom stereocenters. The number of Topliss-reactive ketones (excluding diaryl/α,β-unsaturated/α-hetero) is 1. The second kappa shape index (κ2) is 9.85. The lowest BCUT2D eigenvalue weighted by molar-refractivity contribution is 0.0317. The number of carbonyl (C=O) groups is 3. The average Bonchev–Trinajstić information content (AvgIpc) is 2.83. The number of rotatable bonds is 7. The summed E-state index contributed by atoms with van der Waals surface area (Å²) in [5, 5.41) is 0. The highest BCUT2D eigenvalue weighted by Gasteiger charge is 2.25. The minimum Gasteiger partial charge on any atom is -0.451 e. The first-order valence-electron chi connectivity index (χ1n) is 10.2. The molecule has 5 heteroatoms. The standard InChI is InChI=1S/C26H25NO4/c1-4-19-14-16-20(17-15-19)24(28)18(2)31-26(30)23-13-9-8-12-22(23)25(29)27(3)21-10-6-5-7-11-21/h5-18H,4H2,1-3H3. The van der Waals surface area contributed by atoms with E-state index in [4.69, 9.17) is 4.74 Å². The molecule has 3 rings (SSSR count). The van der Waals surface area contributed by atoms with Crippen molar-refractivity contribution in [2.75, 3.05) is 11.9 Å². The number of amides is 1. The van der Waals surface area contributed by atoms with Crippen LogP contribution in [0.25, 0.3) is 0 Å². The first kappa shape index (κ1) is 22.0. The van der Waals surface area contributed by atoms with E-state index in [1.165, 1.54) is 17.9 Å². The lowest BCUT2D eigenvalue weighted by Gasteiger charge is -2.19. The smallest absolute Gasteiger partial charge is 0.339 e. The quantitative estimate of drug-likeness (QED) is 0.404. The molecule has 0 heterocycles. The number of benzene rings is 3. The van der Waals surface area contributed by atoms with Gasteiger partial charge >= 0.3 is 5.97 Å². The fourth-order valence-corrected chi connectivity index (χ4v) is 3.21. The molecule has 31 heavy (non-hydrogen) atoms. The molecule has 0 radical (unpaired) electrons. The fourth-order valence-electron chi connectivity index (χ4n) is 3.21. The number of carbonyl (C=O) groups excluding carboxylic acids is 3. The van der Waals surface area contributed by atoms with E-state index in [1.807, 2.05) is 49.4 Å². The summed E-state index contributed by atoms with van der Waals surface area (Å²) in [6.45, 7) is 3.57. The molecule has 3 aromatic carbocycles. The van der Waals surface area contributed by atoms with Crippen molar-refractivity contribution in [3.63, 3.8) is 0 Å². The minimum atomic E-state index is -0.977. The zero-order valence-corrected chi connectivity index (χ0v) is 17.9. The molecule has 0 bridgehead atoms. The lowest BCUT2D eigenvalue weighted by atomic mass is 10.0. The van der Waals surface area contributed by atoms with Gasteiger partial charge in [0.1, 0.15) is 0 Å². The van der Waals surface area contributed by atoms with Crippen molar-refractivity contribution in [2.45, 2.75) is 26.4 Å². The third-order valence-electron chi connectivity index (χ3n) is 5.13. The average molecular weight is 415 g/mol. The number of hydrogen-bond acceptors (Lipinski definition) is 4. The van der Waals surface area contributed by atoms with Gasteiger partial charge in [0.05, 0.1) is 11.1 Å². The van der Waals surface area contributed by atoms with Crippen molar-refractivity contribution >= 4 is 23.3 Å². The van der Waals surface area contributed by atoms with Crippen molar-refractivity contribution < 1.29 is 19.1 Å². The van der Waals surface area contributed by atoms with Gasteiger partial charge in [0.25, 0.3) is 5.91 Å². The van der Waals surface area contributed by atoms with E-state index in [-0.39, 0.29) is 22.8 Å². The number of ketones is 1. The first-order chi connectivity index (χ1) is 14.9. The Morgan fingerprint density at radius 2 is 1.42 bits per heavy atom. The molecule has 0 N–H and O–H groups in total. The van der Waals surface area contributed by atoms with E-state index in [1.54, 1.807) is 37.4 Å². The van der Waals surface area contributed by atoms with Crippen LogP contribution in [-0.4, -0.2) is 30.8 Å². The maximum atomic E-state index is 13.0. The van der Waals surface area contributed by atoms with E-state index in [0.717, 1.165) is 12.0 Å². The molecule has 0 aromatic heterocycles. The second-order valence-corrected chi connectivity index (χ2v) is 7.21. The van der Waals surface area contributed by atoms with Crippen molar-refractivity contribution in [3.8, 4) is 0 Å². The summed E-state index contributed by atoms with van der Waals surface area (Å²) in [6.07, 6.45) is -0.101. The third kappa shape index (κ3) is 5.07. The van der Waals surface area contributed by atoms with E-state index >= 15 is 0 Å². The summed E-state index contributed by atoms with van der Waals surface area (Å²) in [4.78, 5) is 40.0. The Kier molecular flexibility index (Phi) is 6.98. The number of anilines is 1. The number of esters is 1. The SMILES string of the molecule is CCc1ccc(C(=O)C(C)OC(=O)c2ccccc2C(=O)N(C)c2ccccc2)cc1. The number of para-hydroxylation sites is 1. The molecule has 1 atom stereocenters. The summed E-state index contributed by atoms with van der Waals surface area (Å²) < 4.78 is 5.43. The van der Waals surface area contributed by atoms with E-state index in [0.29, 0.717) is 11.3 Å². The Morgan fingerprint density at radius 3 is 2.03 bits per heavy atom. The molecule has 0 spiro atoms. The van der Waals surface area contributed by atoms with E-state index in [9.17, 15) is 14.4 Å². The molecule has 0 aliphatic heterocycles. The van der Waals surface area contributed by atoms with Gasteiger partial charge in [-0.3, -0.25) is 9.59 Å². The Labute approximate surface area is 182 Å². The van der Waals surface area contributed by atoms with Crippen molar-refractivity contribution in [2.24, 2.45) is 0 Å². The number of ether oxygens (including phenoxy) is 1. The number of aryl methyl sites for hydroxylation is 1. The fraction of sp³-hybridized carbons (Fsp3) is 0.192. The largest absolute Gasteiger partial charge is 0.451 e. The predicted molar refractivity (Wildman–Crippen MR) is 121 cm³/mol. The van der Waals surface area contributed by atoms with Gasteiger partial charge < -0.3 is 9.64 Å². The van der Waals surface area contributed by atoms with E-state index < -0.39 is 12.1 Å². The highest BCUT2D eigenvalue weighted by atomic mass is 16.5. The zero-order chi connectivity index (χ0) is 22.4. The minimum absolute atomic E-state index is 0.122. The third-order valence-corrected chi connectivity index (χ3v) is 5.13. The van der Waals surface area contributed by atoms with Crippen LogP contribution in [-0.2, 0) is 11.2 Å². The highest BCUT2D eigenvalue weighted by Crippen LogP contribution is 2.19. The molecule has 5 nitrogen and oxygen atoms in total. The molecule has 158 valence electrons. The normalized spacial score (nSPS) is 11.5. The molecular formula is C26H25NO4. The topological polar surface area (TPSA) is 63.7 Å². The Bertz CT molecular complexity index is 1070. The summed E-state index contributed by atoms with van der Waals surface area (Å²) in [5.74, 6) is -1.34. The molecule has 0 aliphatic rings. The van der Waals surface area contributed by atoms with Crippen LogP contribution in [0.5, 0.6) is 0 Å². The van der Waals surface area contributed by atoms with Gasteiger partial charge in [0, 0.05) is 18.3 Å². The van der Waals surface area contributed by atoms with Gasteiger partial charge in [-0.05, 0) is 43.2 Å². The van der Waals surface area contributed by atoms with Crippen molar-refractivity contribution in [1.82, 2.24) is 0 Å². The zero-order valence-electron chi connectivity index (χ0n) is 17.9. The molecule has 0 fully saturated rings. The van der Waals surface area contributed by atoms with Gasteiger partial charge in [0.2, 0.25) is 5.78 Å². The molecule has 0 aliphatic carbocycles. The summed E-state index contributed by atoms with van der Waals surface area (Å²) in [6, 6.07) is 22.8. The molecule has 3 aromatic rings. The van der Waals surface area contributed by atoms with Crippen LogP contribution in [0, 0.1) is 0 Å². The molecular weight excluding hydrogens is 390 g/mol. The van der Waals surface area contributed by atoms with Crippen LogP contribution in [0.15, 0.2) is 78.9 Å². The van der Waals surface area contributed by atoms with Gasteiger partial charge in [0.15, 0.2) is 6.10 Å².